The molecule has 204 valence electrons. The molecule has 1 saturated heterocycles. The fraction of sp³-hybridized carbons (Fsp3) is 0.357. The van der Waals surface area contributed by atoms with Gasteiger partial charge in [0.05, 0.1) is 12.7 Å². The first kappa shape index (κ1) is 27.8. The van der Waals surface area contributed by atoms with Gasteiger partial charge in [-0.05, 0) is 47.6 Å². The zero-order valence-corrected chi connectivity index (χ0v) is 20.4. The van der Waals surface area contributed by atoms with Crippen LogP contribution in [0, 0.1) is 29.2 Å². The minimum absolute atomic E-state index is 0.00756. The van der Waals surface area contributed by atoms with E-state index in [0.29, 0.717) is 30.2 Å². The summed E-state index contributed by atoms with van der Waals surface area (Å²) in [5.41, 5.74) is -0.426. The van der Waals surface area contributed by atoms with Crippen molar-refractivity contribution in [3.63, 3.8) is 0 Å². The molecule has 0 radical (unpaired) electrons. The molecule has 0 spiro atoms. The van der Waals surface area contributed by atoms with E-state index < -0.39 is 59.7 Å². The van der Waals surface area contributed by atoms with Crippen LogP contribution in [0.3, 0.4) is 0 Å². The normalized spacial score (nSPS) is 17.9. The van der Waals surface area contributed by atoms with E-state index in [1.165, 1.54) is 0 Å². The molecule has 1 heterocycles. The molecular formula is C28H25F7O3. The summed E-state index contributed by atoms with van der Waals surface area (Å²) in [6, 6.07) is 8.89. The average Bonchev–Trinajstić information content (AvgIpc) is 2.87. The van der Waals surface area contributed by atoms with Gasteiger partial charge in [-0.2, -0.15) is 8.78 Å². The minimum Gasteiger partial charge on any atom is -0.485 e. The van der Waals surface area contributed by atoms with E-state index in [4.69, 9.17) is 4.74 Å². The van der Waals surface area contributed by atoms with Crippen LogP contribution in [0.2, 0.25) is 0 Å². The highest BCUT2D eigenvalue weighted by Crippen LogP contribution is 2.39. The van der Waals surface area contributed by atoms with Crippen molar-refractivity contribution in [3.05, 3.63) is 82.9 Å². The van der Waals surface area contributed by atoms with Gasteiger partial charge in [-0.3, -0.25) is 0 Å². The predicted octanol–water partition coefficient (Wildman–Crippen LogP) is 8.26. The summed E-state index contributed by atoms with van der Waals surface area (Å²) in [7, 11) is 0. The average molecular weight is 542 g/mol. The molecule has 2 atom stereocenters. The lowest BCUT2D eigenvalue weighted by molar-refractivity contribution is -0.189. The highest BCUT2D eigenvalue weighted by atomic mass is 19.3. The third-order valence-electron chi connectivity index (χ3n) is 6.44. The van der Waals surface area contributed by atoms with Crippen molar-refractivity contribution in [2.75, 3.05) is 19.9 Å². The molecular weight excluding hydrogens is 517 g/mol. The number of hydrogen-bond donors (Lipinski definition) is 0. The summed E-state index contributed by atoms with van der Waals surface area (Å²) in [5.74, 6) is -7.65. The molecule has 3 nitrogen and oxygen atoms in total. The zero-order valence-electron chi connectivity index (χ0n) is 20.4. The van der Waals surface area contributed by atoms with Gasteiger partial charge in [0.1, 0.15) is 36.2 Å². The molecule has 0 N–H and O–H groups in total. The molecule has 2 unspecified atom stereocenters. The van der Waals surface area contributed by atoms with Crippen molar-refractivity contribution < 1.29 is 44.9 Å². The summed E-state index contributed by atoms with van der Waals surface area (Å²) in [6.07, 6.45) is -1.78. The first-order valence-electron chi connectivity index (χ1n) is 12.1. The lowest BCUT2D eigenvalue weighted by atomic mass is 9.92. The molecule has 4 rings (SSSR count). The Hall–Kier alpha value is -3.27. The largest absolute Gasteiger partial charge is 0.485 e. The Labute approximate surface area is 215 Å². The summed E-state index contributed by atoms with van der Waals surface area (Å²) in [6.45, 7) is 1.07. The number of halogens is 7. The van der Waals surface area contributed by atoms with Gasteiger partial charge in [0, 0.05) is 12.1 Å². The Balaban J connectivity index is 1.53. The second kappa shape index (κ2) is 11.6. The van der Waals surface area contributed by atoms with Gasteiger partial charge in [0.25, 0.3) is 0 Å². The number of alkyl halides is 3. The Morgan fingerprint density at radius 2 is 1.50 bits per heavy atom. The molecule has 1 aliphatic rings. The van der Waals surface area contributed by atoms with Gasteiger partial charge >= 0.3 is 6.11 Å². The highest BCUT2D eigenvalue weighted by Gasteiger charge is 2.41. The minimum atomic E-state index is -4.62. The van der Waals surface area contributed by atoms with Crippen molar-refractivity contribution in [1.29, 1.82) is 0 Å². The van der Waals surface area contributed by atoms with Crippen molar-refractivity contribution in [3.8, 4) is 22.6 Å². The smallest absolute Gasteiger partial charge is 0.432 e. The number of hydrogen-bond acceptors (Lipinski definition) is 3. The van der Waals surface area contributed by atoms with Gasteiger partial charge in [-0.15, -0.1) is 0 Å². The van der Waals surface area contributed by atoms with Crippen molar-refractivity contribution in [2.45, 2.75) is 38.4 Å². The Morgan fingerprint density at radius 1 is 0.868 bits per heavy atom. The summed E-state index contributed by atoms with van der Waals surface area (Å²) < 4.78 is 114. The van der Waals surface area contributed by atoms with Gasteiger partial charge < -0.3 is 14.2 Å². The third-order valence-corrected chi connectivity index (χ3v) is 6.44. The fourth-order valence-corrected chi connectivity index (χ4v) is 4.37. The number of ether oxygens (including phenoxy) is 3. The van der Waals surface area contributed by atoms with E-state index in [2.05, 4.69) is 16.4 Å². The molecule has 1 fully saturated rings. The molecule has 0 aliphatic carbocycles. The van der Waals surface area contributed by atoms with Crippen LogP contribution >= 0.6 is 0 Å². The van der Waals surface area contributed by atoms with E-state index in [-0.39, 0.29) is 11.7 Å². The maximum atomic E-state index is 14.8. The molecule has 3 aromatic rings. The third kappa shape index (κ3) is 6.06. The Bertz CT molecular complexity index is 1210. The lowest BCUT2D eigenvalue weighted by Crippen LogP contribution is -2.25. The van der Waals surface area contributed by atoms with Gasteiger partial charge in [0.2, 0.25) is 0 Å². The maximum absolute atomic E-state index is 14.8. The van der Waals surface area contributed by atoms with Crippen LogP contribution in [-0.2, 0) is 10.8 Å². The second-order valence-electron chi connectivity index (χ2n) is 8.98. The lowest BCUT2D eigenvalue weighted by Gasteiger charge is -2.28. The van der Waals surface area contributed by atoms with Crippen LogP contribution in [0.25, 0.3) is 11.1 Å². The molecule has 0 bridgehead atoms. The summed E-state index contributed by atoms with van der Waals surface area (Å²) >= 11 is 0. The van der Waals surface area contributed by atoms with Gasteiger partial charge in [-0.25, -0.2) is 22.0 Å². The fourth-order valence-electron chi connectivity index (χ4n) is 4.37. The van der Waals surface area contributed by atoms with E-state index in [1.807, 2.05) is 0 Å². The van der Waals surface area contributed by atoms with Gasteiger partial charge in [0.15, 0.2) is 17.4 Å². The zero-order chi connectivity index (χ0) is 27.4. The first-order chi connectivity index (χ1) is 18.1. The number of rotatable bonds is 9. The molecule has 0 amide bonds. The van der Waals surface area contributed by atoms with Crippen LogP contribution in [-0.4, -0.2) is 19.9 Å². The SMILES string of the molecule is CCC1CCC(c2ccc(-c3cc(F)c(C(F)(F)Oc4cc(F)c(OCCF)c(F)c4)c(F)c3)cc2)OC1. The Morgan fingerprint density at radius 3 is 2.03 bits per heavy atom. The quantitative estimate of drug-likeness (QED) is 0.255. The highest BCUT2D eigenvalue weighted by molar-refractivity contribution is 5.64. The predicted molar refractivity (Wildman–Crippen MR) is 126 cm³/mol. The van der Waals surface area contributed by atoms with Crippen LogP contribution in [0.5, 0.6) is 11.5 Å². The Kier molecular flexibility index (Phi) is 8.50. The van der Waals surface area contributed by atoms with E-state index in [9.17, 15) is 30.7 Å². The molecule has 0 aromatic heterocycles. The standard InChI is InChI=1S/C28H25F7O3/c1-2-16-3-8-25(37-15-16)18-6-4-17(5-7-18)19-11-21(30)26(22(31)12-19)28(34,35)38-20-13-23(32)27(24(33)14-20)36-10-9-29/h4-7,11-14,16,25H,2-3,8-10,15H2,1H3. The molecule has 0 saturated carbocycles. The van der Waals surface area contributed by atoms with Crippen molar-refractivity contribution in [2.24, 2.45) is 5.92 Å². The van der Waals surface area contributed by atoms with E-state index in [1.54, 1.807) is 24.3 Å². The maximum Gasteiger partial charge on any atom is 0.432 e. The van der Waals surface area contributed by atoms with Crippen molar-refractivity contribution >= 4 is 0 Å². The molecule has 1 aliphatic heterocycles. The first-order valence-corrected chi connectivity index (χ1v) is 12.1. The van der Waals surface area contributed by atoms with E-state index >= 15 is 0 Å². The second-order valence-corrected chi connectivity index (χ2v) is 8.98. The summed E-state index contributed by atoms with van der Waals surface area (Å²) in [4.78, 5) is 0. The van der Waals surface area contributed by atoms with Crippen LogP contribution in [0.1, 0.15) is 43.4 Å². The van der Waals surface area contributed by atoms with Crippen LogP contribution in [0.15, 0.2) is 48.5 Å². The van der Waals surface area contributed by atoms with Crippen LogP contribution in [0.4, 0.5) is 30.7 Å². The van der Waals surface area contributed by atoms with Gasteiger partial charge in [-0.1, -0.05) is 37.6 Å². The molecule has 3 aromatic carbocycles. The van der Waals surface area contributed by atoms with Crippen LogP contribution < -0.4 is 9.47 Å². The molecule has 10 heteroatoms. The topological polar surface area (TPSA) is 27.7 Å². The monoisotopic (exact) mass is 542 g/mol. The molecule has 38 heavy (non-hydrogen) atoms. The van der Waals surface area contributed by atoms with E-state index in [0.717, 1.165) is 37.0 Å². The van der Waals surface area contributed by atoms with Crippen molar-refractivity contribution in [1.82, 2.24) is 0 Å². The summed E-state index contributed by atoms with van der Waals surface area (Å²) in [5, 5.41) is 0. The number of benzene rings is 3.